The average Bonchev–Trinajstić information content (AvgIpc) is 3.52. The quantitative estimate of drug-likeness (QED) is 0.475. The molecule has 3 N–H and O–H groups in total. The van der Waals surface area contributed by atoms with E-state index in [1.165, 1.54) is 28.9 Å². The van der Waals surface area contributed by atoms with Gasteiger partial charge in [-0.05, 0) is 68.4 Å². The Balaban J connectivity index is 1.50. The van der Waals surface area contributed by atoms with Crippen molar-refractivity contribution in [3.8, 4) is 21.8 Å². The lowest BCUT2D eigenvalue weighted by Gasteiger charge is -2.23. The van der Waals surface area contributed by atoms with Gasteiger partial charge in [-0.3, -0.25) is 5.10 Å². The van der Waals surface area contributed by atoms with Crippen LogP contribution < -0.4 is 15.9 Å². The Bertz CT molecular complexity index is 1300. The van der Waals surface area contributed by atoms with Gasteiger partial charge in [0.1, 0.15) is 11.3 Å². The molecule has 1 aliphatic rings. The molecule has 4 aromatic heterocycles. The molecule has 1 saturated heterocycles. The Morgan fingerprint density at radius 3 is 2.93 bits per heavy atom. The molecule has 1 aliphatic heterocycles. The molecule has 0 atom stereocenters. The van der Waals surface area contributed by atoms with Gasteiger partial charge in [0, 0.05) is 27.2 Å². The smallest absolute Gasteiger partial charge is 0.138 e. The van der Waals surface area contributed by atoms with Crippen molar-refractivity contribution in [2.24, 2.45) is 5.92 Å². The first-order chi connectivity index (χ1) is 14.7. The van der Waals surface area contributed by atoms with Crippen LogP contribution in [-0.4, -0.2) is 33.3 Å². The molecule has 0 spiro atoms. The van der Waals surface area contributed by atoms with Gasteiger partial charge in [-0.2, -0.15) is 5.10 Å². The topological polar surface area (TPSA) is 69.4 Å². The molecule has 5 heterocycles. The largest absolute Gasteiger partial charge is 0.338 e. The molecule has 0 unspecified atom stereocenters. The zero-order valence-electron chi connectivity index (χ0n) is 17.0. The first-order valence-electron chi connectivity index (χ1n) is 10.4. The van der Waals surface area contributed by atoms with E-state index in [9.17, 15) is 0 Å². The van der Waals surface area contributed by atoms with Gasteiger partial charge in [0.25, 0.3) is 0 Å². The van der Waals surface area contributed by atoms with Crippen LogP contribution in [0.3, 0.4) is 0 Å². The molecule has 0 radical (unpaired) electrons. The number of thiophene rings is 1. The Hall–Kier alpha value is -2.96. The second-order valence-corrected chi connectivity index (χ2v) is 8.79. The first kappa shape index (κ1) is 19.0. The van der Waals surface area contributed by atoms with E-state index in [-0.39, 0.29) is 0 Å². The fraction of sp³-hybridized carbons (Fsp3) is 0.250. The van der Waals surface area contributed by atoms with Gasteiger partial charge in [0.05, 0.1) is 11.0 Å². The summed E-state index contributed by atoms with van der Waals surface area (Å²) in [6.45, 7) is 8.72. The molecule has 0 amide bonds. The Kier molecular flexibility index (Phi) is 5.11. The number of fused-ring (bicyclic) bond motifs is 1. The third kappa shape index (κ3) is 3.53. The highest BCUT2D eigenvalue weighted by Crippen LogP contribution is 2.32. The van der Waals surface area contributed by atoms with Crippen LogP contribution >= 0.6 is 11.3 Å². The lowest BCUT2D eigenvalue weighted by Crippen LogP contribution is -2.28. The molecule has 0 bridgehead atoms. The standard InChI is InChI=1S/C24H25N5S/c1-15(17-7-10-25-11-8-17)5-6-20-16(2)23(29-28-20)21-14-19-18(22-4-3-13-30-22)9-12-26-24(19)27-21/h3-6,9,12-14,17,25,28H,2,7-8,10-11H2,1H3,(H,26,27)/b15-5+,20-6+. The Morgan fingerprint density at radius 1 is 1.27 bits per heavy atom. The Morgan fingerprint density at radius 2 is 2.13 bits per heavy atom. The van der Waals surface area contributed by atoms with Crippen LogP contribution in [0, 0.1) is 5.92 Å². The average molecular weight is 416 g/mol. The SMILES string of the molecule is C=c1c(-c2cc3c(-c4cccs4)ccnc3[nH]2)n[nH]/c1=C/C=C(\C)C1CCNCC1. The molecular formula is C24H25N5S. The zero-order chi connectivity index (χ0) is 20.5. The van der Waals surface area contributed by atoms with Crippen LogP contribution in [0.4, 0.5) is 0 Å². The van der Waals surface area contributed by atoms with E-state index in [4.69, 9.17) is 0 Å². The second kappa shape index (κ2) is 8.05. The number of allylic oxidation sites excluding steroid dienone is 2. The van der Waals surface area contributed by atoms with E-state index in [1.807, 2.05) is 6.20 Å². The van der Waals surface area contributed by atoms with Gasteiger partial charge in [0.15, 0.2) is 0 Å². The van der Waals surface area contributed by atoms with Crippen LogP contribution in [0.25, 0.3) is 45.5 Å². The minimum absolute atomic E-state index is 0.661. The van der Waals surface area contributed by atoms with Gasteiger partial charge >= 0.3 is 0 Å². The monoisotopic (exact) mass is 415 g/mol. The molecular weight excluding hydrogens is 390 g/mol. The number of H-pyrrole nitrogens is 2. The van der Waals surface area contributed by atoms with Crippen molar-refractivity contribution < 1.29 is 0 Å². The second-order valence-electron chi connectivity index (χ2n) is 7.85. The summed E-state index contributed by atoms with van der Waals surface area (Å²) in [6, 6.07) is 8.40. The highest BCUT2D eigenvalue weighted by Gasteiger charge is 2.14. The van der Waals surface area contributed by atoms with E-state index >= 15 is 0 Å². The number of aromatic amines is 2. The normalized spacial score (nSPS) is 16.6. The fourth-order valence-corrected chi connectivity index (χ4v) is 4.93. The predicted octanol–water partition coefficient (Wildman–Crippen LogP) is 3.82. The van der Waals surface area contributed by atoms with E-state index < -0.39 is 0 Å². The van der Waals surface area contributed by atoms with Crippen molar-refractivity contribution in [2.75, 3.05) is 13.1 Å². The van der Waals surface area contributed by atoms with Crippen molar-refractivity contribution in [1.29, 1.82) is 0 Å². The number of rotatable bonds is 4. The minimum atomic E-state index is 0.661. The molecule has 0 saturated carbocycles. The summed E-state index contributed by atoms with van der Waals surface area (Å²) in [5, 5.41) is 16.2. The van der Waals surface area contributed by atoms with Crippen LogP contribution in [0.2, 0.25) is 0 Å². The number of aromatic nitrogens is 4. The number of hydrogen-bond acceptors (Lipinski definition) is 4. The molecule has 4 aromatic rings. The lowest BCUT2D eigenvalue weighted by molar-refractivity contribution is 0.420. The van der Waals surface area contributed by atoms with Gasteiger partial charge in [0.2, 0.25) is 0 Å². The highest BCUT2D eigenvalue weighted by atomic mass is 32.1. The molecule has 0 aliphatic carbocycles. The summed E-state index contributed by atoms with van der Waals surface area (Å²) >= 11 is 1.73. The fourth-order valence-electron chi connectivity index (χ4n) is 4.17. The van der Waals surface area contributed by atoms with Crippen LogP contribution in [-0.2, 0) is 0 Å². The summed E-state index contributed by atoms with van der Waals surface area (Å²) in [7, 11) is 0. The maximum absolute atomic E-state index is 4.55. The van der Waals surface area contributed by atoms with E-state index in [0.717, 1.165) is 46.1 Å². The number of piperidine rings is 1. The molecule has 0 aromatic carbocycles. The van der Waals surface area contributed by atoms with Gasteiger partial charge < -0.3 is 10.3 Å². The van der Waals surface area contributed by atoms with Gasteiger partial charge in [-0.25, -0.2) is 4.98 Å². The Labute approximate surface area is 179 Å². The summed E-state index contributed by atoms with van der Waals surface area (Å²) in [5.74, 6) is 0.661. The zero-order valence-corrected chi connectivity index (χ0v) is 17.9. The first-order valence-corrected chi connectivity index (χ1v) is 11.2. The maximum atomic E-state index is 4.55. The minimum Gasteiger partial charge on any atom is -0.338 e. The van der Waals surface area contributed by atoms with Crippen molar-refractivity contribution in [2.45, 2.75) is 19.8 Å². The maximum Gasteiger partial charge on any atom is 0.138 e. The number of nitrogens with one attached hydrogen (secondary N) is 3. The van der Waals surface area contributed by atoms with Gasteiger partial charge in [-0.15, -0.1) is 11.3 Å². The third-order valence-corrected chi connectivity index (χ3v) is 6.87. The molecule has 5 rings (SSSR count). The lowest BCUT2D eigenvalue weighted by atomic mass is 9.91. The van der Waals surface area contributed by atoms with Crippen LogP contribution in [0.5, 0.6) is 0 Å². The highest BCUT2D eigenvalue weighted by molar-refractivity contribution is 7.13. The van der Waals surface area contributed by atoms with Crippen molar-refractivity contribution in [3.05, 3.63) is 58.1 Å². The van der Waals surface area contributed by atoms with Gasteiger partial charge in [-0.1, -0.05) is 24.3 Å². The van der Waals surface area contributed by atoms with E-state index in [1.54, 1.807) is 11.3 Å². The summed E-state index contributed by atoms with van der Waals surface area (Å²) in [6.07, 6.45) is 8.57. The third-order valence-electron chi connectivity index (χ3n) is 5.97. The number of nitrogens with zero attached hydrogens (tertiary/aromatic N) is 2. The summed E-state index contributed by atoms with van der Waals surface area (Å²) in [5.41, 5.74) is 5.24. The van der Waals surface area contributed by atoms with E-state index in [0.29, 0.717) is 5.92 Å². The number of pyridine rings is 1. The summed E-state index contributed by atoms with van der Waals surface area (Å²) < 4.78 is 0. The van der Waals surface area contributed by atoms with Crippen LogP contribution in [0.1, 0.15) is 19.8 Å². The van der Waals surface area contributed by atoms with Crippen molar-refractivity contribution in [1.82, 2.24) is 25.5 Å². The predicted molar refractivity (Wildman–Crippen MR) is 126 cm³/mol. The molecule has 6 heteroatoms. The molecule has 152 valence electrons. The van der Waals surface area contributed by atoms with Crippen molar-refractivity contribution in [3.63, 3.8) is 0 Å². The van der Waals surface area contributed by atoms with Crippen molar-refractivity contribution >= 4 is 35.0 Å². The summed E-state index contributed by atoms with van der Waals surface area (Å²) in [4.78, 5) is 9.17. The van der Waals surface area contributed by atoms with Crippen LogP contribution in [0.15, 0.2) is 47.5 Å². The number of hydrogen-bond donors (Lipinski definition) is 3. The van der Waals surface area contributed by atoms with E-state index in [2.05, 4.69) is 80.8 Å². The molecule has 5 nitrogen and oxygen atoms in total. The molecule has 1 fully saturated rings. The molecule has 30 heavy (non-hydrogen) atoms.